The number of piperazine rings is 1. The van der Waals surface area contributed by atoms with Crippen molar-refractivity contribution in [2.75, 3.05) is 26.2 Å². The Morgan fingerprint density at radius 3 is 2.50 bits per heavy atom. The highest BCUT2D eigenvalue weighted by atomic mass is 35.5. The lowest BCUT2D eigenvalue weighted by atomic mass is 9.89. The molecule has 24 heavy (non-hydrogen) atoms. The molecule has 2 aliphatic rings. The van der Waals surface area contributed by atoms with Crippen molar-refractivity contribution in [1.82, 2.24) is 10.2 Å². The van der Waals surface area contributed by atoms with Crippen molar-refractivity contribution in [1.29, 1.82) is 0 Å². The zero-order chi connectivity index (χ0) is 15.4. The maximum atomic E-state index is 11.2. The second kappa shape index (κ2) is 10.2. The highest BCUT2D eigenvalue weighted by molar-refractivity contribution is 5.85. The third-order valence-electron chi connectivity index (χ3n) is 4.85. The van der Waals surface area contributed by atoms with Gasteiger partial charge in [0.1, 0.15) is 5.75 Å². The first-order chi connectivity index (χ1) is 10.7. The lowest BCUT2D eigenvalue weighted by Crippen LogP contribution is -2.46. The van der Waals surface area contributed by atoms with Crippen molar-refractivity contribution in [3.63, 3.8) is 0 Å². The van der Waals surface area contributed by atoms with Crippen molar-refractivity contribution in [2.45, 2.75) is 38.6 Å². The molecule has 1 heterocycles. The van der Waals surface area contributed by atoms with Crippen molar-refractivity contribution >= 4 is 30.8 Å². The summed E-state index contributed by atoms with van der Waals surface area (Å²) < 4.78 is 5.29. The van der Waals surface area contributed by atoms with Gasteiger partial charge in [0.25, 0.3) is 0 Å². The SMILES string of the molecule is CC(=O)Oc1cccc([C@@H](C2CCCC2)N2CCNCC2)c1.Cl.Cl. The topological polar surface area (TPSA) is 41.6 Å². The number of rotatable bonds is 4. The summed E-state index contributed by atoms with van der Waals surface area (Å²) in [6.07, 6.45) is 5.31. The number of esters is 1. The maximum Gasteiger partial charge on any atom is 0.308 e. The van der Waals surface area contributed by atoms with Gasteiger partial charge in [-0.2, -0.15) is 0 Å². The smallest absolute Gasteiger partial charge is 0.308 e. The zero-order valence-electron chi connectivity index (χ0n) is 14.2. The molecular formula is C18H28Cl2N2O2. The molecule has 0 aromatic heterocycles. The van der Waals surface area contributed by atoms with Gasteiger partial charge in [0, 0.05) is 39.1 Å². The fourth-order valence-electron chi connectivity index (χ4n) is 3.94. The molecule has 1 aliphatic heterocycles. The number of carbonyl (C=O) groups excluding carboxylic acids is 1. The van der Waals surface area contributed by atoms with Gasteiger partial charge in [-0.15, -0.1) is 24.8 Å². The molecule has 0 bridgehead atoms. The molecule has 0 unspecified atom stereocenters. The molecule has 1 aromatic rings. The molecule has 4 nitrogen and oxygen atoms in total. The number of carbonyl (C=O) groups is 1. The van der Waals surface area contributed by atoms with Crippen LogP contribution in [0.3, 0.4) is 0 Å². The number of halogens is 2. The van der Waals surface area contributed by atoms with Crippen LogP contribution in [0.4, 0.5) is 0 Å². The monoisotopic (exact) mass is 374 g/mol. The van der Waals surface area contributed by atoms with Crippen LogP contribution >= 0.6 is 24.8 Å². The normalized spacial score (nSPS) is 19.9. The van der Waals surface area contributed by atoms with Crippen molar-refractivity contribution in [3.8, 4) is 5.75 Å². The molecule has 1 atom stereocenters. The van der Waals surface area contributed by atoms with Crippen LogP contribution in [0.5, 0.6) is 5.75 Å². The van der Waals surface area contributed by atoms with Crippen molar-refractivity contribution < 1.29 is 9.53 Å². The van der Waals surface area contributed by atoms with E-state index < -0.39 is 0 Å². The molecule has 1 aromatic carbocycles. The Morgan fingerprint density at radius 2 is 1.88 bits per heavy atom. The number of benzene rings is 1. The first kappa shape index (κ1) is 21.2. The van der Waals surface area contributed by atoms with E-state index >= 15 is 0 Å². The third kappa shape index (κ3) is 5.35. The minimum atomic E-state index is -0.253. The van der Waals surface area contributed by atoms with Gasteiger partial charge in [-0.25, -0.2) is 0 Å². The van der Waals surface area contributed by atoms with E-state index in [-0.39, 0.29) is 30.8 Å². The summed E-state index contributed by atoms with van der Waals surface area (Å²) in [5.41, 5.74) is 1.30. The molecule has 0 radical (unpaired) electrons. The number of nitrogens with one attached hydrogen (secondary N) is 1. The van der Waals surface area contributed by atoms with Crippen LogP contribution < -0.4 is 10.1 Å². The standard InChI is InChI=1S/C18H26N2O2.2ClH/c1-14(21)22-17-8-4-7-16(13-17)18(15-5-2-3-6-15)20-11-9-19-10-12-20;;/h4,7-8,13,15,18-19H,2-3,5-6,9-12H2,1H3;2*1H/t18-;;/m1../s1. The van der Waals surface area contributed by atoms with E-state index in [1.807, 2.05) is 12.1 Å². The summed E-state index contributed by atoms with van der Waals surface area (Å²) in [4.78, 5) is 13.8. The number of hydrogen-bond donors (Lipinski definition) is 1. The van der Waals surface area contributed by atoms with Gasteiger partial charge in [0.05, 0.1) is 0 Å². The Balaban J connectivity index is 0.00000144. The molecule has 1 saturated heterocycles. The third-order valence-corrected chi connectivity index (χ3v) is 4.85. The van der Waals surface area contributed by atoms with Gasteiger partial charge in [0.2, 0.25) is 0 Å². The Kier molecular flexibility index (Phi) is 9.06. The summed E-state index contributed by atoms with van der Waals surface area (Å²) in [5, 5.41) is 3.44. The van der Waals surface area contributed by atoms with Crippen LogP contribution in [-0.2, 0) is 4.79 Å². The van der Waals surface area contributed by atoms with E-state index in [1.165, 1.54) is 38.2 Å². The minimum Gasteiger partial charge on any atom is -0.427 e. The first-order valence-electron chi connectivity index (χ1n) is 8.47. The molecule has 136 valence electrons. The summed E-state index contributed by atoms with van der Waals surface area (Å²) in [6.45, 7) is 5.77. The number of ether oxygens (including phenoxy) is 1. The summed E-state index contributed by atoms with van der Waals surface area (Å²) in [7, 11) is 0. The average Bonchev–Trinajstić information content (AvgIpc) is 3.02. The van der Waals surface area contributed by atoms with E-state index in [9.17, 15) is 4.79 Å². The minimum absolute atomic E-state index is 0. The van der Waals surface area contributed by atoms with Crippen LogP contribution in [-0.4, -0.2) is 37.0 Å². The van der Waals surface area contributed by atoms with Crippen molar-refractivity contribution in [2.24, 2.45) is 5.92 Å². The summed E-state index contributed by atoms with van der Waals surface area (Å²) >= 11 is 0. The maximum absolute atomic E-state index is 11.2. The van der Waals surface area contributed by atoms with Gasteiger partial charge in [-0.1, -0.05) is 25.0 Å². The van der Waals surface area contributed by atoms with E-state index in [2.05, 4.69) is 22.3 Å². The van der Waals surface area contributed by atoms with Crippen LogP contribution in [0, 0.1) is 5.92 Å². The van der Waals surface area contributed by atoms with Crippen LogP contribution in [0.1, 0.15) is 44.2 Å². The van der Waals surface area contributed by atoms with Gasteiger partial charge >= 0.3 is 5.97 Å². The quantitative estimate of drug-likeness (QED) is 0.645. The Morgan fingerprint density at radius 1 is 1.21 bits per heavy atom. The number of nitrogens with zero attached hydrogens (tertiary/aromatic N) is 1. The largest absolute Gasteiger partial charge is 0.427 e. The van der Waals surface area contributed by atoms with Gasteiger partial charge in [-0.3, -0.25) is 9.69 Å². The van der Waals surface area contributed by atoms with E-state index in [0.717, 1.165) is 32.1 Å². The molecular weight excluding hydrogens is 347 g/mol. The van der Waals surface area contributed by atoms with E-state index in [0.29, 0.717) is 11.8 Å². The fourth-order valence-corrected chi connectivity index (χ4v) is 3.94. The van der Waals surface area contributed by atoms with E-state index in [4.69, 9.17) is 4.74 Å². The highest BCUT2D eigenvalue weighted by Crippen LogP contribution is 2.40. The molecule has 0 spiro atoms. The molecule has 3 rings (SSSR count). The molecule has 0 amide bonds. The Labute approximate surface area is 157 Å². The molecule has 1 aliphatic carbocycles. The van der Waals surface area contributed by atoms with Crippen molar-refractivity contribution in [3.05, 3.63) is 29.8 Å². The van der Waals surface area contributed by atoms with E-state index in [1.54, 1.807) is 0 Å². The predicted molar refractivity (Wildman–Crippen MR) is 101 cm³/mol. The average molecular weight is 375 g/mol. The molecule has 2 fully saturated rings. The van der Waals surface area contributed by atoms with Crippen LogP contribution in [0.2, 0.25) is 0 Å². The predicted octanol–water partition coefficient (Wildman–Crippen LogP) is 3.59. The lowest BCUT2D eigenvalue weighted by molar-refractivity contribution is -0.131. The van der Waals surface area contributed by atoms with Crippen LogP contribution in [0.15, 0.2) is 24.3 Å². The molecule has 1 N–H and O–H groups in total. The summed E-state index contributed by atoms with van der Waals surface area (Å²) in [6, 6.07) is 8.59. The highest BCUT2D eigenvalue weighted by Gasteiger charge is 2.32. The summed E-state index contributed by atoms with van der Waals surface area (Å²) in [5.74, 6) is 1.14. The van der Waals surface area contributed by atoms with Gasteiger partial charge in [0.15, 0.2) is 0 Å². The Bertz CT molecular complexity index is 515. The second-order valence-electron chi connectivity index (χ2n) is 6.44. The number of hydrogen-bond acceptors (Lipinski definition) is 4. The van der Waals surface area contributed by atoms with Gasteiger partial charge < -0.3 is 10.1 Å². The first-order valence-corrected chi connectivity index (χ1v) is 8.47. The lowest BCUT2D eigenvalue weighted by Gasteiger charge is -2.38. The molecule has 1 saturated carbocycles. The Hall–Kier alpha value is -0.810. The van der Waals surface area contributed by atoms with Gasteiger partial charge in [-0.05, 0) is 36.5 Å². The second-order valence-corrected chi connectivity index (χ2v) is 6.44. The zero-order valence-corrected chi connectivity index (χ0v) is 15.8. The fraction of sp³-hybridized carbons (Fsp3) is 0.611. The molecule has 6 heteroatoms. The van der Waals surface area contributed by atoms with Crippen LogP contribution in [0.25, 0.3) is 0 Å².